The van der Waals surface area contributed by atoms with Crippen molar-refractivity contribution in [1.82, 2.24) is 14.6 Å². The number of aromatic nitrogens is 1. The topological polar surface area (TPSA) is 92.5 Å². The molecule has 1 atom stereocenters. The Kier molecular flexibility index (Phi) is 4.18. The van der Waals surface area contributed by atoms with Gasteiger partial charge in [-0.05, 0) is 49.7 Å². The number of carbonyl (C=O) groups excluding carboxylic acids is 1. The summed E-state index contributed by atoms with van der Waals surface area (Å²) in [6, 6.07) is 6.41. The van der Waals surface area contributed by atoms with E-state index in [9.17, 15) is 13.2 Å². The Morgan fingerprint density at radius 3 is 2.74 bits per heavy atom. The largest absolute Gasteiger partial charge is 0.438 e. The fourth-order valence-corrected chi connectivity index (χ4v) is 3.41. The first-order valence-electron chi connectivity index (χ1n) is 7.27. The zero-order chi connectivity index (χ0) is 16.4. The van der Waals surface area contributed by atoms with E-state index in [1.165, 1.54) is 19.2 Å². The third-order valence-corrected chi connectivity index (χ3v) is 5.22. The minimum absolute atomic E-state index is 0.0276. The zero-order valence-electron chi connectivity index (χ0n) is 12.6. The lowest BCUT2D eigenvalue weighted by atomic mass is 10.1. The van der Waals surface area contributed by atoms with E-state index in [-0.39, 0.29) is 22.8 Å². The summed E-state index contributed by atoms with van der Waals surface area (Å²) in [4.78, 5) is 18.4. The first kappa shape index (κ1) is 15.7. The summed E-state index contributed by atoms with van der Waals surface area (Å²) in [7, 11) is -2.40. The molecule has 1 fully saturated rings. The second kappa shape index (κ2) is 6.13. The molecule has 1 aliphatic rings. The first-order chi connectivity index (χ1) is 11.0. The van der Waals surface area contributed by atoms with Crippen LogP contribution in [0.4, 0.5) is 0 Å². The smallest absolute Gasteiger partial charge is 0.290 e. The SMILES string of the molecule is CNS(=O)(=O)c1ccc(C(=O)N2CCC[C@@H]2c2ccncc2)o1. The maximum Gasteiger partial charge on any atom is 0.290 e. The molecule has 0 spiro atoms. The molecule has 7 nitrogen and oxygen atoms in total. The number of hydrogen-bond acceptors (Lipinski definition) is 5. The average molecular weight is 335 g/mol. The van der Waals surface area contributed by atoms with Gasteiger partial charge in [0.05, 0.1) is 6.04 Å². The third kappa shape index (κ3) is 2.99. The summed E-state index contributed by atoms with van der Waals surface area (Å²) in [5.74, 6) is -0.276. The number of nitrogens with zero attached hydrogens (tertiary/aromatic N) is 2. The van der Waals surface area contributed by atoms with Crippen LogP contribution in [0.1, 0.15) is 35.0 Å². The van der Waals surface area contributed by atoms with Crippen molar-refractivity contribution in [2.45, 2.75) is 24.0 Å². The summed E-state index contributed by atoms with van der Waals surface area (Å²) in [5, 5.41) is -0.261. The van der Waals surface area contributed by atoms with E-state index in [1.54, 1.807) is 17.3 Å². The Hall–Kier alpha value is -2.19. The molecule has 8 heteroatoms. The van der Waals surface area contributed by atoms with Crippen LogP contribution in [-0.4, -0.2) is 37.8 Å². The molecule has 0 aliphatic carbocycles. The van der Waals surface area contributed by atoms with Crippen LogP contribution in [0, 0.1) is 0 Å². The second-order valence-electron chi connectivity index (χ2n) is 5.26. The van der Waals surface area contributed by atoms with Gasteiger partial charge in [-0.15, -0.1) is 0 Å². The molecule has 1 amide bonds. The number of hydrogen-bond donors (Lipinski definition) is 1. The Labute approximate surface area is 134 Å². The summed E-state index contributed by atoms with van der Waals surface area (Å²) in [5.41, 5.74) is 1.01. The van der Waals surface area contributed by atoms with Gasteiger partial charge in [0.15, 0.2) is 5.76 Å². The van der Waals surface area contributed by atoms with E-state index in [1.807, 2.05) is 12.1 Å². The minimum atomic E-state index is -3.70. The summed E-state index contributed by atoms with van der Waals surface area (Å²) < 4.78 is 30.8. The molecule has 0 aromatic carbocycles. The van der Waals surface area contributed by atoms with Crippen LogP contribution in [0.5, 0.6) is 0 Å². The Bertz CT molecular complexity index is 801. The molecule has 1 saturated heterocycles. The molecular formula is C15H17N3O4S. The van der Waals surface area contributed by atoms with Crippen LogP contribution in [0.3, 0.4) is 0 Å². The highest BCUT2D eigenvalue weighted by atomic mass is 32.2. The molecule has 3 heterocycles. The standard InChI is InChI=1S/C15H17N3O4S/c1-16-23(20,21)14-5-4-13(22-14)15(19)18-10-2-3-12(18)11-6-8-17-9-7-11/h4-9,12,16H,2-3,10H2,1H3/t12-/m1/s1. The van der Waals surface area contributed by atoms with E-state index in [0.29, 0.717) is 6.54 Å². The molecule has 0 radical (unpaired) electrons. The van der Waals surface area contributed by atoms with Crippen molar-refractivity contribution in [3.05, 3.63) is 48.0 Å². The van der Waals surface area contributed by atoms with Crippen LogP contribution >= 0.6 is 0 Å². The van der Waals surface area contributed by atoms with Crippen molar-refractivity contribution in [1.29, 1.82) is 0 Å². The normalized spacial score (nSPS) is 18.3. The molecule has 0 unspecified atom stereocenters. The van der Waals surface area contributed by atoms with Crippen molar-refractivity contribution >= 4 is 15.9 Å². The van der Waals surface area contributed by atoms with Gasteiger partial charge < -0.3 is 9.32 Å². The highest BCUT2D eigenvalue weighted by Gasteiger charge is 2.32. The van der Waals surface area contributed by atoms with E-state index >= 15 is 0 Å². The van der Waals surface area contributed by atoms with Gasteiger partial charge in [-0.25, -0.2) is 13.1 Å². The van der Waals surface area contributed by atoms with Crippen LogP contribution < -0.4 is 4.72 Å². The fourth-order valence-electron chi connectivity index (χ4n) is 2.76. The lowest BCUT2D eigenvalue weighted by Crippen LogP contribution is -2.30. The maximum atomic E-state index is 12.7. The van der Waals surface area contributed by atoms with Gasteiger partial charge in [-0.1, -0.05) is 0 Å². The molecular weight excluding hydrogens is 318 g/mol. The van der Waals surface area contributed by atoms with Gasteiger partial charge in [0.25, 0.3) is 15.9 Å². The number of likely N-dealkylation sites (tertiary alicyclic amines) is 1. The maximum absolute atomic E-state index is 12.7. The Morgan fingerprint density at radius 2 is 2.04 bits per heavy atom. The summed E-state index contributed by atoms with van der Waals surface area (Å²) in [6.45, 7) is 0.612. The summed E-state index contributed by atoms with van der Waals surface area (Å²) >= 11 is 0. The third-order valence-electron chi connectivity index (χ3n) is 3.93. The zero-order valence-corrected chi connectivity index (χ0v) is 13.4. The molecule has 1 N–H and O–H groups in total. The van der Waals surface area contributed by atoms with Crippen LogP contribution in [0.25, 0.3) is 0 Å². The number of rotatable bonds is 4. The van der Waals surface area contributed by atoms with E-state index in [0.717, 1.165) is 18.4 Å². The number of nitrogens with one attached hydrogen (secondary N) is 1. The molecule has 0 bridgehead atoms. The number of amides is 1. The lowest BCUT2D eigenvalue weighted by molar-refractivity contribution is 0.0697. The predicted octanol–water partition coefficient (Wildman–Crippen LogP) is 1.56. The van der Waals surface area contributed by atoms with Crippen molar-refractivity contribution in [3.63, 3.8) is 0 Å². The highest BCUT2D eigenvalue weighted by Crippen LogP contribution is 2.33. The number of pyridine rings is 1. The quantitative estimate of drug-likeness (QED) is 0.915. The van der Waals surface area contributed by atoms with E-state index < -0.39 is 10.0 Å². The molecule has 2 aromatic rings. The molecule has 0 saturated carbocycles. The first-order valence-corrected chi connectivity index (χ1v) is 8.75. The lowest BCUT2D eigenvalue weighted by Gasteiger charge is -2.24. The Balaban J connectivity index is 1.85. The summed E-state index contributed by atoms with van der Waals surface area (Å²) in [6.07, 6.45) is 5.14. The highest BCUT2D eigenvalue weighted by molar-refractivity contribution is 7.89. The van der Waals surface area contributed by atoms with Crippen LogP contribution in [0.2, 0.25) is 0 Å². The predicted molar refractivity (Wildman–Crippen MR) is 82.2 cm³/mol. The molecule has 23 heavy (non-hydrogen) atoms. The van der Waals surface area contributed by atoms with Crippen LogP contribution in [0.15, 0.2) is 46.2 Å². The molecule has 2 aromatic heterocycles. The van der Waals surface area contributed by atoms with E-state index in [4.69, 9.17) is 4.42 Å². The van der Waals surface area contributed by atoms with Gasteiger partial charge >= 0.3 is 0 Å². The van der Waals surface area contributed by atoms with Gasteiger partial charge in [0.1, 0.15) is 0 Å². The minimum Gasteiger partial charge on any atom is -0.438 e. The molecule has 3 rings (SSSR count). The van der Waals surface area contributed by atoms with Crippen molar-refractivity contribution in [3.8, 4) is 0 Å². The van der Waals surface area contributed by atoms with Crippen molar-refractivity contribution < 1.29 is 17.6 Å². The van der Waals surface area contributed by atoms with Gasteiger partial charge in [0.2, 0.25) is 5.09 Å². The second-order valence-corrected chi connectivity index (χ2v) is 7.08. The van der Waals surface area contributed by atoms with Gasteiger partial charge in [-0.2, -0.15) is 0 Å². The van der Waals surface area contributed by atoms with Crippen molar-refractivity contribution in [2.75, 3.05) is 13.6 Å². The van der Waals surface area contributed by atoms with Gasteiger partial charge in [0, 0.05) is 18.9 Å². The fraction of sp³-hybridized carbons (Fsp3) is 0.333. The Morgan fingerprint density at radius 1 is 1.30 bits per heavy atom. The molecule has 122 valence electrons. The number of sulfonamides is 1. The average Bonchev–Trinajstić information content (AvgIpc) is 3.24. The monoisotopic (exact) mass is 335 g/mol. The van der Waals surface area contributed by atoms with Gasteiger partial charge in [-0.3, -0.25) is 9.78 Å². The number of furan rings is 1. The number of carbonyl (C=O) groups is 1. The van der Waals surface area contributed by atoms with Crippen LogP contribution in [-0.2, 0) is 10.0 Å². The molecule has 1 aliphatic heterocycles. The van der Waals surface area contributed by atoms with Crippen molar-refractivity contribution in [2.24, 2.45) is 0 Å². The van der Waals surface area contributed by atoms with E-state index in [2.05, 4.69) is 9.71 Å².